The SMILES string of the molecule is COc1cccc(-c2cccc(C[C@H]3CN(C(=O)C4CCC4)CCNC3=O)c2)c1. The Morgan fingerprint density at radius 3 is 2.62 bits per heavy atom. The Kier molecular flexibility index (Phi) is 5.84. The molecule has 0 bridgehead atoms. The molecule has 5 nitrogen and oxygen atoms in total. The van der Waals surface area contributed by atoms with Crippen LogP contribution in [-0.4, -0.2) is 43.5 Å². The molecule has 0 spiro atoms. The molecule has 1 atom stereocenters. The van der Waals surface area contributed by atoms with Crippen molar-refractivity contribution in [3.8, 4) is 16.9 Å². The number of benzene rings is 2. The van der Waals surface area contributed by atoms with Gasteiger partial charge >= 0.3 is 0 Å². The van der Waals surface area contributed by atoms with Gasteiger partial charge in [-0.1, -0.05) is 42.8 Å². The van der Waals surface area contributed by atoms with Crippen molar-refractivity contribution in [2.75, 3.05) is 26.7 Å². The Hall–Kier alpha value is -2.82. The molecule has 2 aliphatic rings. The van der Waals surface area contributed by atoms with Crippen LogP contribution in [0.15, 0.2) is 48.5 Å². The van der Waals surface area contributed by atoms with Crippen molar-refractivity contribution in [3.63, 3.8) is 0 Å². The zero-order valence-corrected chi connectivity index (χ0v) is 16.9. The smallest absolute Gasteiger partial charge is 0.225 e. The van der Waals surface area contributed by atoms with Crippen LogP contribution in [0, 0.1) is 11.8 Å². The summed E-state index contributed by atoms with van der Waals surface area (Å²) in [4.78, 5) is 27.2. The molecule has 0 unspecified atom stereocenters. The number of carbonyl (C=O) groups is 2. The van der Waals surface area contributed by atoms with E-state index >= 15 is 0 Å². The van der Waals surface area contributed by atoms with E-state index in [1.807, 2.05) is 29.2 Å². The summed E-state index contributed by atoms with van der Waals surface area (Å²) in [5.74, 6) is 1.03. The van der Waals surface area contributed by atoms with Crippen LogP contribution in [0.25, 0.3) is 11.1 Å². The minimum Gasteiger partial charge on any atom is -0.497 e. The van der Waals surface area contributed by atoms with Crippen molar-refractivity contribution in [1.82, 2.24) is 10.2 Å². The number of methoxy groups -OCH3 is 1. The van der Waals surface area contributed by atoms with Gasteiger partial charge in [-0.15, -0.1) is 0 Å². The zero-order chi connectivity index (χ0) is 20.2. The third-order valence-corrected chi connectivity index (χ3v) is 6.07. The lowest BCUT2D eigenvalue weighted by Crippen LogP contribution is -2.42. The summed E-state index contributed by atoms with van der Waals surface area (Å²) in [6, 6.07) is 16.2. The molecule has 2 aromatic rings. The number of nitrogens with one attached hydrogen (secondary N) is 1. The molecule has 5 heteroatoms. The third kappa shape index (κ3) is 4.44. The summed E-state index contributed by atoms with van der Waals surface area (Å²) < 4.78 is 5.33. The largest absolute Gasteiger partial charge is 0.497 e. The van der Waals surface area contributed by atoms with Gasteiger partial charge in [-0.25, -0.2) is 0 Å². The van der Waals surface area contributed by atoms with E-state index in [1.54, 1.807) is 7.11 Å². The number of hydrogen-bond donors (Lipinski definition) is 1. The predicted octanol–water partition coefficient (Wildman–Crippen LogP) is 3.28. The van der Waals surface area contributed by atoms with Crippen LogP contribution < -0.4 is 10.1 Å². The van der Waals surface area contributed by atoms with E-state index in [-0.39, 0.29) is 23.7 Å². The Morgan fingerprint density at radius 1 is 1.14 bits per heavy atom. The minimum absolute atomic E-state index is 0.0423. The normalized spacial score (nSPS) is 19.8. The maximum atomic E-state index is 12.7. The molecule has 1 saturated carbocycles. The first-order valence-corrected chi connectivity index (χ1v) is 10.4. The Labute approximate surface area is 172 Å². The van der Waals surface area contributed by atoms with Gasteiger partial charge in [-0.2, -0.15) is 0 Å². The molecule has 0 aromatic heterocycles. The van der Waals surface area contributed by atoms with Crippen LogP contribution in [0.4, 0.5) is 0 Å². The molecule has 1 heterocycles. The standard InChI is InChI=1S/C24H28N2O3/c1-29-22-10-4-9-20(15-22)19-8-2-5-17(13-19)14-21-16-26(12-11-25-23(21)27)24(28)18-6-3-7-18/h2,4-5,8-10,13,15,18,21H,3,6-7,11-12,14,16H2,1H3,(H,25,27)/t21-/m0/s1. The van der Waals surface area contributed by atoms with Gasteiger partial charge in [-0.3, -0.25) is 9.59 Å². The van der Waals surface area contributed by atoms with Gasteiger partial charge < -0.3 is 15.0 Å². The molecular weight excluding hydrogens is 364 g/mol. The van der Waals surface area contributed by atoms with Crippen molar-refractivity contribution in [2.45, 2.75) is 25.7 Å². The fourth-order valence-electron chi connectivity index (χ4n) is 4.13. The lowest BCUT2D eigenvalue weighted by molar-refractivity contribution is -0.138. The second-order valence-corrected chi connectivity index (χ2v) is 8.04. The van der Waals surface area contributed by atoms with Crippen LogP contribution >= 0.6 is 0 Å². The lowest BCUT2D eigenvalue weighted by Gasteiger charge is -2.31. The maximum absolute atomic E-state index is 12.7. The molecule has 0 radical (unpaired) electrons. The molecule has 2 aromatic carbocycles. The van der Waals surface area contributed by atoms with Crippen molar-refractivity contribution < 1.29 is 14.3 Å². The molecule has 1 aliphatic heterocycles. The summed E-state index contributed by atoms with van der Waals surface area (Å²) in [5, 5.41) is 2.99. The molecule has 152 valence electrons. The first-order valence-electron chi connectivity index (χ1n) is 10.4. The van der Waals surface area contributed by atoms with E-state index in [0.717, 1.165) is 41.7 Å². The number of amides is 2. The van der Waals surface area contributed by atoms with E-state index in [9.17, 15) is 9.59 Å². The molecule has 2 amide bonds. The van der Waals surface area contributed by atoms with E-state index in [0.29, 0.717) is 26.1 Å². The Morgan fingerprint density at radius 2 is 1.90 bits per heavy atom. The highest BCUT2D eigenvalue weighted by Gasteiger charge is 2.33. The number of rotatable bonds is 5. The highest BCUT2D eigenvalue weighted by Crippen LogP contribution is 2.29. The molecule has 1 N–H and O–H groups in total. The average molecular weight is 392 g/mol. The third-order valence-electron chi connectivity index (χ3n) is 6.07. The fraction of sp³-hybridized carbons (Fsp3) is 0.417. The molecular formula is C24H28N2O3. The van der Waals surface area contributed by atoms with Crippen molar-refractivity contribution in [3.05, 3.63) is 54.1 Å². The van der Waals surface area contributed by atoms with Gasteiger partial charge in [0.2, 0.25) is 11.8 Å². The summed E-state index contributed by atoms with van der Waals surface area (Å²) in [6.45, 7) is 1.66. The lowest BCUT2D eigenvalue weighted by atomic mass is 9.84. The van der Waals surface area contributed by atoms with E-state index in [2.05, 4.69) is 29.6 Å². The predicted molar refractivity (Wildman–Crippen MR) is 113 cm³/mol. The van der Waals surface area contributed by atoms with E-state index in [1.165, 1.54) is 0 Å². The monoisotopic (exact) mass is 392 g/mol. The summed E-state index contributed by atoms with van der Waals surface area (Å²) >= 11 is 0. The molecule has 4 rings (SSSR count). The second-order valence-electron chi connectivity index (χ2n) is 8.04. The van der Waals surface area contributed by atoms with Gasteiger partial charge in [0.05, 0.1) is 13.0 Å². The van der Waals surface area contributed by atoms with Gasteiger partial charge in [-0.05, 0) is 48.1 Å². The van der Waals surface area contributed by atoms with Gasteiger partial charge in [0.1, 0.15) is 5.75 Å². The molecule has 2 fully saturated rings. The summed E-state index contributed by atoms with van der Waals surface area (Å²) in [6.07, 6.45) is 3.74. The van der Waals surface area contributed by atoms with Crippen LogP contribution in [-0.2, 0) is 16.0 Å². The maximum Gasteiger partial charge on any atom is 0.225 e. The minimum atomic E-state index is -0.220. The number of hydrogen-bond acceptors (Lipinski definition) is 3. The van der Waals surface area contributed by atoms with Crippen LogP contribution in [0.5, 0.6) is 5.75 Å². The van der Waals surface area contributed by atoms with Gasteiger partial charge in [0, 0.05) is 25.6 Å². The first kappa shape index (κ1) is 19.5. The summed E-state index contributed by atoms with van der Waals surface area (Å²) in [7, 11) is 1.66. The van der Waals surface area contributed by atoms with Crippen LogP contribution in [0.2, 0.25) is 0 Å². The highest BCUT2D eigenvalue weighted by molar-refractivity contribution is 5.83. The second kappa shape index (κ2) is 8.68. The van der Waals surface area contributed by atoms with Crippen molar-refractivity contribution in [1.29, 1.82) is 0 Å². The Bertz CT molecular complexity index is 891. The zero-order valence-electron chi connectivity index (χ0n) is 16.9. The van der Waals surface area contributed by atoms with Gasteiger partial charge in [0.15, 0.2) is 0 Å². The number of nitrogens with zero attached hydrogens (tertiary/aromatic N) is 1. The van der Waals surface area contributed by atoms with Crippen molar-refractivity contribution in [2.24, 2.45) is 11.8 Å². The highest BCUT2D eigenvalue weighted by atomic mass is 16.5. The quantitative estimate of drug-likeness (QED) is 0.850. The number of carbonyl (C=O) groups excluding carboxylic acids is 2. The van der Waals surface area contributed by atoms with Crippen LogP contribution in [0.1, 0.15) is 24.8 Å². The van der Waals surface area contributed by atoms with Crippen LogP contribution in [0.3, 0.4) is 0 Å². The molecule has 1 aliphatic carbocycles. The fourth-order valence-corrected chi connectivity index (χ4v) is 4.13. The summed E-state index contributed by atoms with van der Waals surface area (Å²) in [5.41, 5.74) is 3.28. The van der Waals surface area contributed by atoms with E-state index in [4.69, 9.17) is 4.74 Å². The Balaban J connectivity index is 1.50. The molecule has 29 heavy (non-hydrogen) atoms. The number of ether oxygens (including phenoxy) is 1. The average Bonchev–Trinajstić information content (AvgIpc) is 2.88. The molecule has 1 saturated heterocycles. The van der Waals surface area contributed by atoms with Crippen molar-refractivity contribution >= 4 is 11.8 Å². The van der Waals surface area contributed by atoms with E-state index < -0.39 is 0 Å². The first-order chi connectivity index (χ1) is 14.1. The topological polar surface area (TPSA) is 58.6 Å². The van der Waals surface area contributed by atoms with Gasteiger partial charge in [0.25, 0.3) is 0 Å².